The molecule has 1 nitrogen and oxygen atoms in total. The molecule has 0 saturated heterocycles. The summed E-state index contributed by atoms with van der Waals surface area (Å²) in [7, 11) is 0. The Morgan fingerprint density at radius 1 is 1.23 bits per heavy atom. The van der Waals surface area contributed by atoms with Gasteiger partial charge in [-0.2, -0.15) is 0 Å². The Morgan fingerprint density at radius 2 is 1.96 bits per heavy atom. The van der Waals surface area contributed by atoms with Crippen molar-refractivity contribution in [3.05, 3.63) is 49.1 Å². The summed E-state index contributed by atoms with van der Waals surface area (Å²) in [5, 5.41) is 0. The van der Waals surface area contributed by atoms with E-state index in [0.717, 1.165) is 30.5 Å². The third kappa shape index (κ3) is 3.82. The van der Waals surface area contributed by atoms with Crippen molar-refractivity contribution >= 4 is 6.29 Å². The van der Waals surface area contributed by atoms with Gasteiger partial charge < -0.3 is 0 Å². The van der Waals surface area contributed by atoms with E-state index in [1.807, 2.05) is 6.08 Å². The lowest BCUT2D eigenvalue weighted by Gasteiger charge is -2.51. The van der Waals surface area contributed by atoms with Crippen molar-refractivity contribution in [1.29, 1.82) is 0 Å². The number of aldehydes is 1. The standard InChI is InChI=1S/C21H30O.C4H8/c1-4-6-17-16(12-14-22)8-9-19-18(17)11-13-21(5-2)15(3)7-10-20(19)21;1-3-4-2/h5,8-9,12,14-15,17-20H,2,4,6-7,10-11,13H2,1,3H3;3H,1,4H2,2H3/b16-12-;. The molecule has 0 radical (unpaired) electrons. The highest BCUT2D eigenvalue weighted by Crippen LogP contribution is 2.62. The quantitative estimate of drug-likeness (QED) is 0.297. The minimum absolute atomic E-state index is 0.369. The van der Waals surface area contributed by atoms with Crippen LogP contribution in [-0.4, -0.2) is 6.29 Å². The van der Waals surface area contributed by atoms with Crippen LogP contribution in [0.15, 0.2) is 49.1 Å². The fourth-order valence-electron chi connectivity index (χ4n) is 5.97. The molecule has 0 bridgehead atoms. The first kappa shape index (κ1) is 20.9. The van der Waals surface area contributed by atoms with E-state index in [1.165, 1.54) is 44.1 Å². The van der Waals surface area contributed by atoms with Crippen LogP contribution < -0.4 is 0 Å². The zero-order valence-electron chi connectivity index (χ0n) is 17.1. The Kier molecular flexibility index (Phi) is 7.68. The molecule has 144 valence electrons. The maximum Gasteiger partial charge on any atom is 0.143 e. The van der Waals surface area contributed by atoms with Gasteiger partial charge in [-0.25, -0.2) is 0 Å². The van der Waals surface area contributed by atoms with Crippen molar-refractivity contribution in [2.75, 3.05) is 0 Å². The van der Waals surface area contributed by atoms with Gasteiger partial charge in [0.25, 0.3) is 0 Å². The summed E-state index contributed by atoms with van der Waals surface area (Å²) >= 11 is 0. The highest BCUT2D eigenvalue weighted by Gasteiger charge is 2.54. The topological polar surface area (TPSA) is 17.1 Å². The predicted octanol–water partition coefficient (Wildman–Crippen LogP) is 6.92. The second-order valence-electron chi connectivity index (χ2n) is 8.44. The van der Waals surface area contributed by atoms with Gasteiger partial charge in [-0.15, -0.1) is 13.2 Å². The van der Waals surface area contributed by atoms with E-state index in [1.54, 1.807) is 6.08 Å². The van der Waals surface area contributed by atoms with Gasteiger partial charge in [0.2, 0.25) is 0 Å². The van der Waals surface area contributed by atoms with E-state index in [2.05, 4.69) is 52.2 Å². The molecule has 3 rings (SSSR count). The maximum absolute atomic E-state index is 11.0. The van der Waals surface area contributed by atoms with E-state index in [-0.39, 0.29) is 0 Å². The molecule has 6 unspecified atom stereocenters. The number of rotatable bonds is 5. The van der Waals surface area contributed by atoms with E-state index < -0.39 is 0 Å². The van der Waals surface area contributed by atoms with Crippen LogP contribution in [-0.2, 0) is 4.79 Å². The van der Waals surface area contributed by atoms with Gasteiger partial charge in [-0.3, -0.25) is 4.79 Å². The first-order chi connectivity index (χ1) is 12.6. The molecule has 3 aliphatic rings. The van der Waals surface area contributed by atoms with Gasteiger partial charge in [0.05, 0.1) is 0 Å². The third-order valence-corrected chi connectivity index (χ3v) is 7.37. The fraction of sp³-hybridized carbons (Fsp3) is 0.640. The lowest BCUT2D eigenvalue weighted by molar-refractivity contribution is -0.104. The molecule has 0 aromatic carbocycles. The van der Waals surface area contributed by atoms with Crippen molar-refractivity contribution in [1.82, 2.24) is 0 Å². The van der Waals surface area contributed by atoms with Gasteiger partial charge in [0.15, 0.2) is 0 Å². The van der Waals surface area contributed by atoms with Crippen LogP contribution in [0.4, 0.5) is 0 Å². The van der Waals surface area contributed by atoms with Crippen molar-refractivity contribution in [3.8, 4) is 0 Å². The minimum Gasteiger partial charge on any atom is -0.299 e. The first-order valence-corrected chi connectivity index (χ1v) is 10.7. The number of allylic oxidation sites excluding steroid dienone is 6. The molecular formula is C25H38O. The zero-order chi connectivity index (χ0) is 19.2. The Hall–Kier alpha value is -1.37. The van der Waals surface area contributed by atoms with Gasteiger partial charge >= 0.3 is 0 Å². The lowest BCUT2D eigenvalue weighted by Crippen LogP contribution is -2.44. The van der Waals surface area contributed by atoms with Crippen LogP contribution >= 0.6 is 0 Å². The second kappa shape index (κ2) is 9.53. The molecule has 0 amide bonds. The molecule has 2 saturated carbocycles. The van der Waals surface area contributed by atoms with Crippen LogP contribution in [0.2, 0.25) is 0 Å². The SMILES string of the molecule is C=CC12CCC3C(CCC)/C(=C\C=O)C=CC3C1CCC2C.C=CCC. The largest absolute Gasteiger partial charge is 0.299 e. The summed E-state index contributed by atoms with van der Waals surface area (Å²) in [6, 6.07) is 0. The summed E-state index contributed by atoms with van der Waals surface area (Å²) in [4.78, 5) is 11.0. The molecule has 0 N–H and O–H groups in total. The van der Waals surface area contributed by atoms with E-state index in [0.29, 0.717) is 17.3 Å². The highest BCUT2D eigenvalue weighted by atomic mass is 16.1. The molecule has 2 fully saturated rings. The summed E-state index contributed by atoms with van der Waals surface area (Å²) in [6.07, 6.45) is 20.4. The number of carbonyl (C=O) groups excluding carboxylic acids is 1. The number of fused-ring (bicyclic) bond motifs is 3. The van der Waals surface area contributed by atoms with Crippen LogP contribution in [0.3, 0.4) is 0 Å². The van der Waals surface area contributed by atoms with E-state index >= 15 is 0 Å². The monoisotopic (exact) mass is 354 g/mol. The van der Waals surface area contributed by atoms with Crippen molar-refractivity contribution in [2.24, 2.45) is 35.0 Å². The van der Waals surface area contributed by atoms with Gasteiger partial charge in [0.1, 0.15) is 6.29 Å². The van der Waals surface area contributed by atoms with Crippen molar-refractivity contribution in [3.63, 3.8) is 0 Å². The molecule has 0 aromatic rings. The molecule has 1 heteroatoms. The normalized spacial score (nSPS) is 39.3. The molecule has 0 aliphatic heterocycles. The zero-order valence-corrected chi connectivity index (χ0v) is 17.1. The minimum atomic E-state index is 0.369. The molecule has 0 spiro atoms. The Balaban J connectivity index is 0.000000552. The van der Waals surface area contributed by atoms with Gasteiger partial charge in [-0.05, 0) is 85.2 Å². The average Bonchev–Trinajstić information content (AvgIpc) is 3.01. The molecule has 26 heavy (non-hydrogen) atoms. The third-order valence-electron chi connectivity index (χ3n) is 7.37. The van der Waals surface area contributed by atoms with Gasteiger partial charge in [0, 0.05) is 0 Å². The summed E-state index contributed by atoms with van der Waals surface area (Å²) in [5.74, 6) is 3.56. The molecular weight excluding hydrogens is 316 g/mol. The Bertz CT molecular complexity index is 555. The Labute approximate surface area is 161 Å². The average molecular weight is 355 g/mol. The predicted molar refractivity (Wildman–Crippen MR) is 113 cm³/mol. The second-order valence-corrected chi connectivity index (χ2v) is 8.44. The Morgan fingerprint density at radius 3 is 2.54 bits per heavy atom. The fourth-order valence-corrected chi connectivity index (χ4v) is 5.97. The maximum atomic E-state index is 11.0. The van der Waals surface area contributed by atoms with Crippen LogP contribution in [0.1, 0.15) is 65.7 Å². The van der Waals surface area contributed by atoms with Crippen molar-refractivity contribution < 1.29 is 4.79 Å². The number of hydrogen-bond donors (Lipinski definition) is 0. The van der Waals surface area contributed by atoms with Crippen LogP contribution in [0.5, 0.6) is 0 Å². The smallest absolute Gasteiger partial charge is 0.143 e. The highest BCUT2D eigenvalue weighted by molar-refractivity contribution is 5.67. The first-order valence-electron chi connectivity index (χ1n) is 10.7. The summed E-state index contributed by atoms with van der Waals surface area (Å²) in [6.45, 7) is 14.5. The number of carbonyl (C=O) groups is 1. The van der Waals surface area contributed by atoms with Crippen LogP contribution in [0.25, 0.3) is 0 Å². The van der Waals surface area contributed by atoms with Crippen LogP contribution in [0, 0.1) is 35.0 Å². The van der Waals surface area contributed by atoms with Crippen molar-refractivity contribution in [2.45, 2.75) is 65.7 Å². The molecule has 3 aliphatic carbocycles. The van der Waals surface area contributed by atoms with Gasteiger partial charge in [-0.1, -0.05) is 51.5 Å². The lowest BCUT2D eigenvalue weighted by atomic mass is 9.53. The number of hydrogen-bond acceptors (Lipinski definition) is 1. The van der Waals surface area contributed by atoms with E-state index in [4.69, 9.17) is 0 Å². The molecule has 0 aromatic heterocycles. The van der Waals surface area contributed by atoms with E-state index in [9.17, 15) is 4.79 Å². The summed E-state index contributed by atoms with van der Waals surface area (Å²) in [5.41, 5.74) is 1.64. The molecule has 0 heterocycles. The molecule has 6 atom stereocenters. The summed E-state index contributed by atoms with van der Waals surface area (Å²) < 4.78 is 0.